The number of benzene rings is 1. The van der Waals surface area contributed by atoms with Gasteiger partial charge in [0.2, 0.25) is 0 Å². The molecule has 6 nitrogen and oxygen atoms in total. The van der Waals surface area contributed by atoms with E-state index in [1.165, 1.54) is 13.2 Å². The summed E-state index contributed by atoms with van der Waals surface area (Å²) < 4.78 is 23.5. The SMILES string of the molecule is COc1cc(NCC(C)OC)c(F)cc1[N+](=O)[O-]. The molecule has 0 aromatic heterocycles. The molecule has 0 spiro atoms. The van der Waals surface area contributed by atoms with E-state index >= 15 is 0 Å². The second kappa shape index (κ2) is 6.15. The number of methoxy groups -OCH3 is 2. The molecule has 0 radical (unpaired) electrons. The first kappa shape index (κ1) is 14.2. The van der Waals surface area contributed by atoms with Crippen LogP contribution in [0.15, 0.2) is 12.1 Å². The predicted octanol–water partition coefficient (Wildman–Crippen LogP) is 2.19. The molecule has 18 heavy (non-hydrogen) atoms. The van der Waals surface area contributed by atoms with Crippen molar-refractivity contribution in [2.75, 3.05) is 26.1 Å². The molecule has 1 aromatic rings. The number of nitro benzene ring substituents is 1. The summed E-state index contributed by atoms with van der Waals surface area (Å²) in [6.07, 6.45) is -0.106. The Balaban J connectivity index is 2.97. The Hall–Kier alpha value is -1.89. The lowest BCUT2D eigenvalue weighted by molar-refractivity contribution is -0.385. The van der Waals surface area contributed by atoms with Crippen molar-refractivity contribution < 1.29 is 18.8 Å². The Labute approximate surface area is 104 Å². The maximum atomic E-state index is 13.6. The molecular weight excluding hydrogens is 243 g/mol. The van der Waals surface area contributed by atoms with Crippen molar-refractivity contribution in [2.45, 2.75) is 13.0 Å². The van der Waals surface area contributed by atoms with Crippen LogP contribution in [0.3, 0.4) is 0 Å². The van der Waals surface area contributed by atoms with Crippen LogP contribution < -0.4 is 10.1 Å². The highest BCUT2D eigenvalue weighted by molar-refractivity contribution is 5.59. The topological polar surface area (TPSA) is 73.6 Å². The van der Waals surface area contributed by atoms with E-state index in [-0.39, 0.29) is 17.5 Å². The zero-order valence-corrected chi connectivity index (χ0v) is 10.4. The van der Waals surface area contributed by atoms with Gasteiger partial charge in [-0.2, -0.15) is 0 Å². The fourth-order valence-corrected chi connectivity index (χ4v) is 1.32. The number of hydrogen-bond acceptors (Lipinski definition) is 5. The summed E-state index contributed by atoms with van der Waals surface area (Å²) in [4.78, 5) is 9.98. The normalized spacial score (nSPS) is 12.0. The number of nitrogens with one attached hydrogen (secondary N) is 1. The van der Waals surface area contributed by atoms with E-state index in [1.807, 2.05) is 6.92 Å². The second-order valence-electron chi connectivity index (χ2n) is 3.69. The second-order valence-corrected chi connectivity index (χ2v) is 3.69. The maximum Gasteiger partial charge on any atom is 0.313 e. The molecule has 1 aromatic carbocycles. The van der Waals surface area contributed by atoms with Crippen molar-refractivity contribution in [1.29, 1.82) is 0 Å². The average molecular weight is 258 g/mol. The van der Waals surface area contributed by atoms with Gasteiger partial charge in [0.25, 0.3) is 0 Å². The van der Waals surface area contributed by atoms with Crippen LogP contribution in [0.5, 0.6) is 5.75 Å². The Morgan fingerprint density at radius 1 is 1.50 bits per heavy atom. The van der Waals surface area contributed by atoms with Crippen LogP contribution in [-0.4, -0.2) is 31.8 Å². The molecule has 0 aliphatic heterocycles. The number of anilines is 1. The number of halogens is 1. The van der Waals surface area contributed by atoms with Gasteiger partial charge in [-0.05, 0) is 6.92 Å². The molecule has 0 aliphatic carbocycles. The van der Waals surface area contributed by atoms with Crippen molar-refractivity contribution in [3.05, 3.63) is 28.1 Å². The zero-order chi connectivity index (χ0) is 13.7. The minimum absolute atomic E-state index is 0.00831. The third-order valence-corrected chi connectivity index (χ3v) is 2.45. The van der Waals surface area contributed by atoms with Gasteiger partial charge in [0.15, 0.2) is 11.6 Å². The molecule has 1 rings (SSSR count). The van der Waals surface area contributed by atoms with E-state index < -0.39 is 16.4 Å². The largest absolute Gasteiger partial charge is 0.490 e. The maximum absolute atomic E-state index is 13.6. The van der Waals surface area contributed by atoms with Crippen LogP contribution in [0.25, 0.3) is 0 Å². The van der Waals surface area contributed by atoms with Crippen LogP contribution in [0.4, 0.5) is 15.8 Å². The van der Waals surface area contributed by atoms with Gasteiger partial charge in [-0.25, -0.2) is 4.39 Å². The van der Waals surface area contributed by atoms with Crippen LogP contribution in [0.1, 0.15) is 6.92 Å². The van der Waals surface area contributed by atoms with Crippen LogP contribution in [0.2, 0.25) is 0 Å². The molecule has 1 N–H and O–H groups in total. The van der Waals surface area contributed by atoms with Gasteiger partial charge >= 0.3 is 5.69 Å². The van der Waals surface area contributed by atoms with E-state index in [4.69, 9.17) is 9.47 Å². The molecule has 0 aliphatic rings. The number of nitro groups is 1. The molecule has 0 saturated carbocycles. The molecule has 0 fully saturated rings. The highest BCUT2D eigenvalue weighted by Crippen LogP contribution is 2.32. The molecule has 0 saturated heterocycles. The minimum atomic E-state index is -0.703. The number of nitrogens with zero attached hydrogens (tertiary/aromatic N) is 1. The summed E-state index contributed by atoms with van der Waals surface area (Å²) in [6.45, 7) is 2.20. The van der Waals surface area contributed by atoms with Gasteiger partial charge in [0.05, 0.1) is 29.9 Å². The van der Waals surface area contributed by atoms with Crippen molar-refractivity contribution in [1.82, 2.24) is 0 Å². The van der Waals surface area contributed by atoms with E-state index in [0.717, 1.165) is 6.07 Å². The first-order valence-corrected chi connectivity index (χ1v) is 5.28. The first-order valence-electron chi connectivity index (χ1n) is 5.28. The standard InChI is InChI=1S/C11H15FN2O4/c1-7(17-2)6-13-9-5-11(18-3)10(14(15)16)4-8(9)12/h4-5,7,13H,6H2,1-3H3. The van der Waals surface area contributed by atoms with Crippen molar-refractivity contribution in [2.24, 2.45) is 0 Å². The monoisotopic (exact) mass is 258 g/mol. The third-order valence-electron chi connectivity index (χ3n) is 2.45. The van der Waals surface area contributed by atoms with Gasteiger partial charge in [-0.15, -0.1) is 0 Å². The number of ether oxygens (including phenoxy) is 2. The zero-order valence-electron chi connectivity index (χ0n) is 10.4. The fourth-order valence-electron chi connectivity index (χ4n) is 1.32. The molecule has 0 amide bonds. The molecule has 0 bridgehead atoms. The van der Waals surface area contributed by atoms with Crippen molar-refractivity contribution in [3.63, 3.8) is 0 Å². The molecule has 1 atom stereocenters. The van der Waals surface area contributed by atoms with Crippen molar-refractivity contribution in [3.8, 4) is 5.75 Å². The molecule has 0 heterocycles. The lowest BCUT2D eigenvalue weighted by Crippen LogP contribution is -2.18. The molecular formula is C11H15FN2O4. The number of hydrogen-bond donors (Lipinski definition) is 1. The smallest absolute Gasteiger partial charge is 0.313 e. The summed E-state index contributed by atoms with van der Waals surface area (Å²) in [5, 5.41) is 13.5. The quantitative estimate of drug-likeness (QED) is 0.625. The van der Waals surface area contributed by atoms with Crippen molar-refractivity contribution >= 4 is 11.4 Å². The molecule has 100 valence electrons. The van der Waals surface area contributed by atoms with E-state index in [9.17, 15) is 14.5 Å². The molecule has 7 heteroatoms. The lowest BCUT2D eigenvalue weighted by Gasteiger charge is -2.13. The highest BCUT2D eigenvalue weighted by atomic mass is 19.1. The third kappa shape index (κ3) is 3.30. The van der Waals surface area contributed by atoms with Crippen LogP contribution in [0, 0.1) is 15.9 Å². The Bertz CT molecular complexity index is 439. The Kier molecular flexibility index (Phi) is 4.85. The first-order chi connectivity index (χ1) is 8.49. The summed E-state index contributed by atoms with van der Waals surface area (Å²) in [7, 11) is 2.83. The van der Waals surface area contributed by atoms with Crippen LogP contribution >= 0.6 is 0 Å². The van der Waals surface area contributed by atoms with Gasteiger partial charge in [0.1, 0.15) is 0 Å². The van der Waals surface area contributed by atoms with E-state index in [0.29, 0.717) is 6.54 Å². The minimum Gasteiger partial charge on any atom is -0.490 e. The average Bonchev–Trinajstić information content (AvgIpc) is 2.36. The summed E-state index contributed by atoms with van der Waals surface area (Å²) >= 11 is 0. The van der Waals surface area contributed by atoms with Gasteiger partial charge < -0.3 is 14.8 Å². The molecule has 1 unspecified atom stereocenters. The Morgan fingerprint density at radius 3 is 2.67 bits per heavy atom. The van der Waals surface area contributed by atoms with E-state index in [2.05, 4.69) is 5.32 Å². The lowest BCUT2D eigenvalue weighted by atomic mass is 10.2. The van der Waals surface area contributed by atoms with Gasteiger partial charge in [-0.1, -0.05) is 0 Å². The van der Waals surface area contributed by atoms with Gasteiger partial charge in [-0.3, -0.25) is 10.1 Å². The summed E-state index contributed by atoms with van der Waals surface area (Å²) in [5.41, 5.74) is -0.262. The summed E-state index contributed by atoms with van der Waals surface area (Å²) in [5.74, 6) is -0.695. The van der Waals surface area contributed by atoms with E-state index in [1.54, 1.807) is 7.11 Å². The summed E-state index contributed by atoms with van der Waals surface area (Å²) in [6, 6.07) is 2.09. The Morgan fingerprint density at radius 2 is 2.17 bits per heavy atom. The van der Waals surface area contributed by atoms with Crippen LogP contribution in [-0.2, 0) is 4.74 Å². The fraction of sp³-hybridized carbons (Fsp3) is 0.455. The number of rotatable bonds is 6. The highest BCUT2D eigenvalue weighted by Gasteiger charge is 2.19. The predicted molar refractivity (Wildman–Crippen MR) is 64.6 cm³/mol. The van der Waals surface area contributed by atoms with Gasteiger partial charge in [0, 0.05) is 19.7 Å².